The lowest BCUT2D eigenvalue weighted by molar-refractivity contribution is -0.115. The highest BCUT2D eigenvalue weighted by Gasteiger charge is 2.23. The fourth-order valence-corrected chi connectivity index (χ4v) is 4.53. The topological polar surface area (TPSA) is 65.8 Å². The molecule has 1 heterocycles. The van der Waals surface area contributed by atoms with Gasteiger partial charge in [-0.3, -0.25) is 4.79 Å². The van der Waals surface area contributed by atoms with Gasteiger partial charge in [-0.2, -0.15) is 5.26 Å². The summed E-state index contributed by atoms with van der Waals surface area (Å²) in [4.78, 5) is 17.7. The van der Waals surface area contributed by atoms with Crippen LogP contribution in [0.15, 0.2) is 29.3 Å². The van der Waals surface area contributed by atoms with Crippen molar-refractivity contribution in [2.45, 2.75) is 62.6 Å². The van der Waals surface area contributed by atoms with Crippen LogP contribution in [0.25, 0.3) is 0 Å². The molecule has 0 spiro atoms. The largest absolute Gasteiger partial charge is 0.325 e. The number of halogens is 1. The third-order valence-electron chi connectivity index (χ3n) is 5.01. The van der Waals surface area contributed by atoms with Crippen molar-refractivity contribution in [2.75, 3.05) is 5.32 Å². The van der Waals surface area contributed by atoms with Crippen molar-refractivity contribution < 1.29 is 4.79 Å². The van der Waals surface area contributed by atoms with Gasteiger partial charge in [0.1, 0.15) is 11.1 Å². The molecule has 0 radical (unpaired) electrons. The lowest BCUT2D eigenvalue weighted by Gasteiger charge is -2.17. The zero-order valence-electron chi connectivity index (χ0n) is 16.2. The maximum Gasteiger partial charge on any atom is 0.237 e. The smallest absolute Gasteiger partial charge is 0.237 e. The van der Waals surface area contributed by atoms with Crippen molar-refractivity contribution in [1.29, 1.82) is 5.26 Å². The van der Waals surface area contributed by atoms with Crippen LogP contribution in [-0.2, 0) is 17.6 Å². The van der Waals surface area contributed by atoms with E-state index in [1.807, 2.05) is 26.0 Å². The van der Waals surface area contributed by atoms with Crippen molar-refractivity contribution in [3.05, 3.63) is 51.7 Å². The molecule has 1 amide bonds. The maximum atomic E-state index is 12.9. The normalized spacial score (nSPS) is 14.5. The van der Waals surface area contributed by atoms with Gasteiger partial charge < -0.3 is 5.32 Å². The summed E-state index contributed by atoms with van der Waals surface area (Å²) in [6.45, 7) is 3.90. The molecule has 1 unspecified atom stereocenters. The number of aryl methyl sites for hydroxylation is 3. The molecular formula is C22H24ClN3OS. The lowest BCUT2D eigenvalue weighted by Crippen LogP contribution is -2.25. The summed E-state index contributed by atoms with van der Waals surface area (Å²) < 4.78 is 0. The van der Waals surface area contributed by atoms with Crippen LogP contribution in [-0.4, -0.2) is 16.1 Å². The van der Waals surface area contributed by atoms with E-state index in [1.165, 1.54) is 23.7 Å². The summed E-state index contributed by atoms with van der Waals surface area (Å²) in [5.74, 6) is -0.0986. The molecule has 6 heteroatoms. The van der Waals surface area contributed by atoms with Gasteiger partial charge in [-0.05, 0) is 68.4 Å². The van der Waals surface area contributed by atoms with E-state index in [-0.39, 0.29) is 11.2 Å². The van der Waals surface area contributed by atoms with Gasteiger partial charge in [0.05, 0.1) is 10.8 Å². The molecule has 0 bridgehead atoms. The summed E-state index contributed by atoms with van der Waals surface area (Å²) >= 11 is 7.44. The predicted octanol–water partition coefficient (Wildman–Crippen LogP) is 5.69. The van der Waals surface area contributed by atoms with Crippen LogP contribution in [0.3, 0.4) is 0 Å². The van der Waals surface area contributed by atoms with Gasteiger partial charge in [-0.15, -0.1) is 0 Å². The van der Waals surface area contributed by atoms with Crippen molar-refractivity contribution in [3.63, 3.8) is 0 Å². The van der Waals surface area contributed by atoms with Gasteiger partial charge >= 0.3 is 0 Å². The minimum atomic E-state index is -0.332. The minimum Gasteiger partial charge on any atom is -0.325 e. The Morgan fingerprint density at radius 1 is 1.32 bits per heavy atom. The Labute approximate surface area is 175 Å². The van der Waals surface area contributed by atoms with E-state index in [1.54, 1.807) is 12.1 Å². The van der Waals surface area contributed by atoms with E-state index in [0.29, 0.717) is 27.7 Å². The number of benzene rings is 1. The van der Waals surface area contributed by atoms with Gasteiger partial charge in [0.15, 0.2) is 0 Å². The van der Waals surface area contributed by atoms with Crippen molar-refractivity contribution in [1.82, 2.24) is 4.98 Å². The third kappa shape index (κ3) is 4.87. The monoisotopic (exact) mass is 413 g/mol. The van der Waals surface area contributed by atoms with E-state index >= 15 is 0 Å². The number of nitrogens with one attached hydrogen (secondary N) is 1. The fourth-order valence-electron chi connectivity index (χ4n) is 3.36. The minimum absolute atomic E-state index is 0.0986. The first-order chi connectivity index (χ1) is 13.5. The van der Waals surface area contributed by atoms with E-state index in [9.17, 15) is 10.1 Å². The molecule has 3 rings (SSSR count). The fraction of sp³-hybridized carbons (Fsp3) is 0.409. The highest BCUT2D eigenvalue weighted by molar-refractivity contribution is 8.00. The number of hydrogen-bond donors (Lipinski definition) is 1. The summed E-state index contributed by atoms with van der Waals surface area (Å²) in [6.07, 6.45) is 6.03. The predicted molar refractivity (Wildman–Crippen MR) is 115 cm³/mol. The Hall–Kier alpha value is -2.03. The molecule has 0 saturated carbocycles. The number of carbonyl (C=O) groups excluding carboxylic acids is 1. The second kappa shape index (κ2) is 9.45. The molecular weight excluding hydrogens is 390 g/mol. The van der Waals surface area contributed by atoms with Crippen molar-refractivity contribution in [3.8, 4) is 6.07 Å². The molecule has 0 fully saturated rings. The summed E-state index contributed by atoms with van der Waals surface area (Å²) in [7, 11) is 0. The second-order valence-electron chi connectivity index (χ2n) is 7.08. The molecule has 28 heavy (non-hydrogen) atoms. The van der Waals surface area contributed by atoms with Gasteiger partial charge in [0, 0.05) is 16.4 Å². The summed E-state index contributed by atoms with van der Waals surface area (Å²) in [6, 6.07) is 9.69. The van der Waals surface area contributed by atoms with E-state index in [2.05, 4.69) is 11.4 Å². The van der Waals surface area contributed by atoms with Crippen LogP contribution in [0.2, 0.25) is 5.02 Å². The molecule has 1 aliphatic rings. The molecule has 0 aliphatic heterocycles. The zero-order chi connectivity index (χ0) is 20.1. The molecule has 1 N–H and O–H groups in total. The second-order valence-corrected chi connectivity index (χ2v) is 8.71. The first-order valence-corrected chi connectivity index (χ1v) is 10.9. The molecule has 1 atom stereocenters. The van der Waals surface area contributed by atoms with Gasteiger partial charge in [-0.25, -0.2) is 4.98 Å². The number of fused-ring (bicyclic) bond motifs is 1. The molecule has 1 aromatic heterocycles. The number of nitrogens with zero attached hydrogens (tertiary/aromatic N) is 2. The van der Waals surface area contributed by atoms with Crippen molar-refractivity contribution in [2.24, 2.45) is 0 Å². The maximum absolute atomic E-state index is 12.9. The first kappa shape index (κ1) is 20.7. The molecule has 1 aromatic carbocycles. The number of nitriles is 1. The summed E-state index contributed by atoms with van der Waals surface area (Å²) in [5.41, 5.74) is 4.51. The Morgan fingerprint density at radius 3 is 2.86 bits per heavy atom. The van der Waals surface area contributed by atoms with E-state index in [4.69, 9.17) is 16.6 Å². The number of anilines is 1. The van der Waals surface area contributed by atoms with Crippen LogP contribution in [0, 0.1) is 18.3 Å². The number of aromatic nitrogens is 1. The number of pyridine rings is 1. The quantitative estimate of drug-likeness (QED) is 0.504. The van der Waals surface area contributed by atoms with Crippen LogP contribution >= 0.6 is 23.4 Å². The van der Waals surface area contributed by atoms with Gasteiger partial charge in [0.2, 0.25) is 5.91 Å². The number of carbonyl (C=O) groups is 1. The van der Waals surface area contributed by atoms with Gasteiger partial charge in [-0.1, -0.05) is 42.8 Å². The van der Waals surface area contributed by atoms with Gasteiger partial charge in [0.25, 0.3) is 0 Å². The number of thioether (sulfide) groups is 1. The zero-order valence-corrected chi connectivity index (χ0v) is 17.8. The standard InChI is InChI=1S/C22H24ClN3OS/c1-3-20(21(27)25-19-12-17(23)10-9-14(19)2)28-22-16(13-24)11-15-7-5-4-6-8-18(15)26-22/h9-12,20H,3-8H2,1-2H3,(H,25,27). The average molecular weight is 414 g/mol. The highest BCUT2D eigenvalue weighted by atomic mass is 35.5. The average Bonchev–Trinajstić information content (AvgIpc) is 2.92. The number of amides is 1. The molecule has 2 aromatic rings. The number of hydrogen-bond acceptors (Lipinski definition) is 4. The Morgan fingerprint density at radius 2 is 2.11 bits per heavy atom. The molecule has 146 valence electrons. The Bertz CT molecular complexity index is 923. The van der Waals surface area contributed by atoms with E-state index in [0.717, 1.165) is 36.9 Å². The molecule has 0 saturated heterocycles. The van der Waals surface area contributed by atoms with Crippen LogP contribution in [0.1, 0.15) is 55.0 Å². The van der Waals surface area contributed by atoms with Crippen LogP contribution in [0.4, 0.5) is 5.69 Å². The highest BCUT2D eigenvalue weighted by Crippen LogP contribution is 2.31. The molecule has 4 nitrogen and oxygen atoms in total. The molecule has 1 aliphatic carbocycles. The SMILES string of the molecule is CCC(Sc1nc2c(cc1C#N)CCCCC2)C(=O)Nc1cc(Cl)ccc1C. The Kier molecular flexibility index (Phi) is 6.98. The van der Waals surface area contributed by atoms with Crippen molar-refractivity contribution >= 4 is 35.0 Å². The first-order valence-electron chi connectivity index (χ1n) is 9.68. The number of rotatable bonds is 5. The summed E-state index contributed by atoms with van der Waals surface area (Å²) in [5, 5.41) is 13.5. The lowest BCUT2D eigenvalue weighted by atomic mass is 10.1. The van der Waals surface area contributed by atoms with Crippen LogP contribution in [0.5, 0.6) is 0 Å². The van der Waals surface area contributed by atoms with Crippen LogP contribution < -0.4 is 5.32 Å². The Balaban J connectivity index is 1.82. The van der Waals surface area contributed by atoms with E-state index < -0.39 is 0 Å². The third-order valence-corrected chi connectivity index (χ3v) is 6.61.